The Balaban J connectivity index is 2.04. The summed E-state index contributed by atoms with van der Waals surface area (Å²) in [6.45, 7) is -0.390. The van der Waals surface area contributed by atoms with Crippen molar-refractivity contribution in [2.45, 2.75) is 18.0 Å². The number of rotatable bonds is 2. The highest BCUT2D eigenvalue weighted by atomic mass is 35.5. The lowest BCUT2D eigenvalue weighted by atomic mass is 9.79. The minimum Gasteiger partial charge on any atom is -0.370 e. The van der Waals surface area contributed by atoms with E-state index < -0.39 is 24.0 Å². The van der Waals surface area contributed by atoms with Crippen molar-refractivity contribution in [3.05, 3.63) is 62.3 Å². The van der Waals surface area contributed by atoms with Crippen LogP contribution in [-0.4, -0.2) is 19.3 Å². The molecule has 27 heavy (non-hydrogen) atoms. The smallest absolute Gasteiger partial charge is 0.370 e. The van der Waals surface area contributed by atoms with E-state index in [0.717, 1.165) is 6.07 Å². The van der Waals surface area contributed by atoms with Crippen LogP contribution in [0.4, 0.5) is 23.2 Å². The molecule has 0 spiro atoms. The molecule has 2 aromatic carbocycles. The van der Waals surface area contributed by atoms with E-state index in [0.29, 0.717) is 0 Å². The maximum atomic E-state index is 14.1. The molecule has 1 atom stereocenters. The van der Waals surface area contributed by atoms with E-state index >= 15 is 0 Å². The number of hydrogen-bond donors (Lipinski definition) is 0. The molecule has 2 nitrogen and oxygen atoms in total. The first-order valence-electron chi connectivity index (χ1n) is 7.75. The van der Waals surface area contributed by atoms with Gasteiger partial charge in [-0.2, -0.15) is 18.4 Å². The molecule has 0 saturated carbocycles. The van der Waals surface area contributed by atoms with E-state index in [1.807, 2.05) is 0 Å². The van der Waals surface area contributed by atoms with Crippen LogP contribution in [0.2, 0.25) is 15.1 Å². The average molecular weight is 438 g/mol. The van der Waals surface area contributed by atoms with Crippen LogP contribution >= 0.6 is 34.8 Å². The monoisotopic (exact) mass is 436 g/mol. The number of alkyl halides is 3. The molecular weight excluding hydrogens is 427 g/mol. The summed E-state index contributed by atoms with van der Waals surface area (Å²) >= 11 is 17.7. The molecule has 0 N–H and O–H groups in total. The topological polar surface area (TPSA) is 27.0 Å². The molecule has 2 aromatic rings. The highest BCUT2D eigenvalue weighted by Gasteiger charge is 2.59. The van der Waals surface area contributed by atoms with Crippen LogP contribution in [0.1, 0.15) is 17.5 Å². The maximum absolute atomic E-state index is 14.1. The van der Waals surface area contributed by atoms with Crippen molar-refractivity contribution in [1.82, 2.24) is 0 Å². The van der Waals surface area contributed by atoms with Gasteiger partial charge in [0.1, 0.15) is 17.3 Å². The Hall–Kier alpha value is -1.68. The third-order valence-electron chi connectivity index (χ3n) is 4.79. The third-order valence-corrected chi connectivity index (χ3v) is 5.98. The lowest BCUT2D eigenvalue weighted by Gasteiger charge is -2.33. The molecule has 0 amide bonds. The van der Waals surface area contributed by atoms with Gasteiger partial charge in [0.25, 0.3) is 0 Å². The Bertz CT molecular complexity index is 916. The zero-order chi connectivity index (χ0) is 20.0. The molecule has 1 unspecified atom stereocenters. The first-order chi connectivity index (χ1) is 12.6. The third kappa shape index (κ3) is 3.44. The first kappa shape index (κ1) is 20.1. The summed E-state index contributed by atoms with van der Waals surface area (Å²) in [6, 6.07) is 7.76. The second-order valence-electron chi connectivity index (χ2n) is 6.28. The highest BCUT2D eigenvalue weighted by Crippen LogP contribution is 2.50. The van der Waals surface area contributed by atoms with Gasteiger partial charge in [0.05, 0.1) is 20.6 Å². The van der Waals surface area contributed by atoms with Crippen LogP contribution in [0, 0.1) is 17.1 Å². The average Bonchev–Trinajstić information content (AvgIpc) is 3.06. The summed E-state index contributed by atoms with van der Waals surface area (Å²) in [7, 11) is 0. The second kappa shape index (κ2) is 7.05. The summed E-state index contributed by atoms with van der Waals surface area (Å²) in [5.41, 5.74) is -2.22. The van der Waals surface area contributed by atoms with Gasteiger partial charge in [-0.25, -0.2) is 4.39 Å². The molecule has 1 aliphatic rings. The Morgan fingerprint density at radius 1 is 1.07 bits per heavy atom. The maximum Gasteiger partial charge on any atom is 0.400 e. The normalized spacial score (nSPS) is 20.0. The molecule has 0 aliphatic carbocycles. The van der Waals surface area contributed by atoms with E-state index in [4.69, 9.17) is 40.1 Å². The van der Waals surface area contributed by atoms with Gasteiger partial charge in [-0.3, -0.25) is 0 Å². The fourth-order valence-corrected chi connectivity index (χ4v) is 3.88. The lowest BCUT2D eigenvalue weighted by molar-refractivity contribution is -0.184. The van der Waals surface area contributed by atoms with Crippen molar-refractivity contribution in [3.63, 3.8) is 0 Å². The molecule has 1 aliphatic heterocycles. The highest BCUT2D eigenvalue weighted by molar-refractivity contribution is 6.48. The summed E-state index contributed by atoms with van der Waals surface area (Å²) < 4.78 is 56.2. The van der Waals surface area contributed by atoms with Gasteiger partial charge in [0, 0.05) is 18.8 Å². The number of nitrogens with zero attached hydrogens (tertiary/aromatic N) is 2. The van der Waals surface area contributed by atoms with E-state index in [-0.39, 0.29) is 44.8 Å². The Morgan fingerprint density at radius 3 is 2.22 bits per heavy atom. The van der Waals surface area contributed by atoms with E-state index in [1.165, 1.54) is 29.2 Å². The number of benzene rings is 2. The molecule has 1 heterocycles. The Kier molecular flexibility index (Phi) is 5.24. The van der Waals surface area contributed by atoms with E-state index in [9.17, 15) is 17.6 Å². The van der Waals surface area contributed by atoms with Gasteiger partial charge >= 0.3 is 6.18 Å². The Labute approximate surface area is 167 Å². The molecule has 142 valence electrons. The zero-order valence-electron chi connectivity index (χ0n) is 13.5. The zero-order valence-corrected chi connectivity index (χ0v) is 15.8. The predicted octanol–water partition coefficient (Wildman–Crippen LogP) is 6.37. The fourth-order valence-electron chi connectivity index (χ4n) is 3.28. The number of halogens is 7. The second-order valence-corrected chi connectivity index (χ2v) is 7.47. The molecule has 0 aromatic heterocycles. The van der Waals surface area contributed by atoms with E-state index in [2.05, 4.69) is 0 Å². The number of nitriles is 1. The SMILES string of the molecule is N#Cc1ccc(N2CCC(c3cc(Cl)c(Cl)c(Cl)c3)(C(F)(F)F)C2)cc1F. The largest absolute Gasteiger partial charge is 0.400 e. The standard InChI is InChI=1S/C18H11Cl3F4N2/c19-13-5-11(6-14(20)16(13)21)17(18(23,24)25)3-4-27(9-17)12-2-1-10(8-26)15(22)7-12/h1-2,5-7H,3-4,9H2. The van der Waals surface area contributed by atoms with Gasteiger partial charge < -0.3 is 4.90 Å². The van der Waals surface area contributed by atoms with Crippen molar-refractivity contribution in [2.24, 2.45) is 0 Å². The molecule has 0 radical (unpaired) electrons. The molecule has 1 fully saturated rings. The van der Waals surface area contributed by atoms with Crippen molar-refractivity contribution < 1.29 is 17.6 Å². The molecule has 3 rings (SSSR count). The van der Waals surface area contributed by atoms with Crippen molar-refractivity contribution in [2.75, 3.05) is 18.0 Å². The molecule has 0 bridgehead atoms. The predicted molar refractivity (Wildman–Crippen MR) is 97.2 cm³/mol. The van der Waals surface area contributed by atoms with Gasteiger partial charge in [0.15, 0.2) is 0 Å². The number of anilines is 1. The summed E-state index contributed by atoms with van der Waals surface area (Å²) in [5, 5.41) is 8.66. The quantitative estimate of drug-likeness (QED) is 0.403. The summed E-state index contributed by atoms with van der Waals surface area (Å²) in [5.74, 6) is -0.780. The van der Waals surface area contributed by atoms with E-state index in [1.54, 1.807) is 6.07 Å². The van der Waals surface area contributed by atoms with Gasteiger partial charge in [0.2, 0.25) is 0 Å². The molecular formula is C18H11Cl3F4N2. The molecule has 1 saturated heterocycles. The summed E-state index contributed by atoms with van der Waals surface area (Å²) in [4.78, 5) is 1.42. The van der Waals surface area contributed by atoms with Gasteiger partial charge in [-0.1, -0.05) is 34.8 Å². The van der Waals surface area contributed by atoms with Crippen molar-refractivity contribution >= 4 is 40.5 Å². The van der Waals surface area contributed by atoms with Crippen LogP contribution in [-0.2, 0) is 5.41 Å². The first-order valence-corrected chi connectivity index (χ1v) is 8.89. The minimum absolute atomic E-state index is 0.0107. The Morgan fingerprint density at radius 2 is 1.70 bits per heavy atom. The van der Waals surface area contributed by atoms with Crippen LogP contribution < -0.4 is 4.90 Å². The number of hydrogen-bond acceptors (Lipinski definition) is 2. The van der Waals surface area contributed by atoms with Crippen LogP contribution in [0.3, 0.4) is 0 Å². The minimum atomic E-state index is -4.59. The molecule has 9 heteroatoms. The van der Waals surface area contributed by atoms with Crippen molar-refractivity contribution in [1.29, 1.82) is 5.26 Å². The van der Waals surface area contributed by atoms with Crippen LogP contribution in [0.15, 0.2) is 30.3 Å². The van der Waals surface area contributed by atoms with Crippen LogP contribution in [0.5, 0.6) is 0 Å². The summed E-state index contributed by atoms with van der Waals surface area (Å²) in [6.07, 6.45) is -4.85. The lowest BCUT2D eigenvalue weighted by Crippen LogP contribution is -2.45. The van der Waals surface area contributed by atoms with Crippen molar-refractivity contribution in [3.8, 4) is 6.07 Å². The van der Waals surface area contributed by atoms with Gasteiger partial charge in [-0.15, -0.1) is 0 Å². The fraction of sp³-hybridized carbons (Fsp3) is 0.278. The van der Waals surface area contributed by atoms with Crippen LogP contribution in [0.25, 0.3) is 0 Å². The van der Waals surface area contributed by atoms with Gasteiger partial charge in [-0.05, 0) is 42.3 Å².